The van der Waals surface area contributed by atoms with Gasteiger partial charge in [0.05, 0.1) is 0 Å². The number of hydrogen-bond donors (Lipinski definition) is 1. The van der Waals surface area contributed by atoms with Gasteiger partial charge in [-0.25, -0.2) is 9.97 Å². The Morgan fingerprint density at radius 1 is 1.40 bits per heavy atom. The van der Waals surface area contributed by atoms with Crippen LogP contribution in [0.3, 0.4) is 0 Å². The lowest BCUT2D eigenvalue weighted by Gasteiger charge is -2.05. The van der Waals surface area contributed by atoms with Crippen LogP contribution >= 0.6 is 0 Å². The lowest BCUT2D eigenvalue weighted by Crippen LogP contribution is -2.02. The number of pyridine rings is 1. The number of nitrogens with zero attached hydrogens (tertiary/aromatic N) is 3. The second-order valence-electron chi connectivity index (χ2n) is 3.61. The van der Waals surface area contributed by atoms with Gasteiger partial charge in [-0.3, -0.25) is 0 Å². The minimum atomic E-state index is 0.566. The summed E-state index contributed by atoms with van der Waals surface area (Å²) in [5.74, 6) is 1.60. The van der Waals surface area contributed by atoms with E-state index in [2.05, 4.69) is 9.97 Å². The van der Waals surface area contributed by atoms with Gasteiger partial charge in [0.15, 0.2) is 0 Å². The number of aromatic nitrogens is 3. The molecule has 2 rings (SSSR count). The molecule has 0 amide bonds. The fourth-order valence-electron chi connectivity index (χ4n) is 1.53. The molecule has 0 saturated heterocycles. The van der Waals surface area contributed by atoms with Crippen molar-refractivity contribution in [3.05, 3.63) is 41.6 Å². The van der Waals surface area contributed by atoms with E-state index in [1.165, 1.54) is 5.56 Å². The molecule has 0 spiro atoms. The smallest absolute Gasteiger partial charge is 0.123 e. The van der Waals surface area contributed by atoms with Gasteiger partial charge in [-0.1, -0.05) is 6.07 Å². The molecule has 4 nitrogen and oxygen atoms in total. The molecule has 0 atom stereocenters. The molecule has 0 saturated carbocycles. The van der Waals surface area contributed by atoms with E-state index in [9.17, 15) is 0 Å². The zero-order chi connectivity index (χ0) is 10.8. The predicted octanol–water partition coefficient (Wildman–Crippen LogP) is 1.30. The van der Waals surface area contributed by atoms with Crippen LogP contribution in [0.2, 0.25) is 0 Å². The van der Waals surface area contributed by atoms with Crippen LogP contribution < -0.4 is 5.73 Å². The lowest BCUT2D eigenvalue weighted by atomic mass is 10.1. The zero-order valence-electron chi connectivity index (χ0n) is 8.94. The summed E-state index contributed by atoms with van der Waals surface area (Å²) in [5.41, 5.74) is 7.73. The van der Waals surface area contributed by atoms with E-state index in [-0.39, 0.29) is 0 Å². The van der Waals surface area contributed by atoms with Crippen molar-refractivity contribution < 1.29 is 0 Å². The quantitative estimate of drug-likeness (QED) is 0.798. The van der Waals surface area contributed by atoms with Gasteiger partial charge in [-0.05, 0) is 18.6 Å². The van der Waals surface area contributed by atoms with Crippen molar-refractivity contribution in [2.75, 3.05) is 5.73 Å². The standard InChI is InChI=1S/C11H14N4/c1-8-9(3-4-10(12)14-8)7-11-13-5-6-15(11)2/h3-6H,7H2,1-2H3,(H2,12,14). The van der Waals surface area contributed by atoms with E-state index >= 15 is 0 Å². The van der Waals surface area contributed by atoms with E-state index in [1.54, 1.807) is 6.20 Å². The molecule has 0 aliphatic heterocycles. The van der Waals surface area contributed by atoms with E-state index in [0.717, 1.165) is 17.9 Å². The highest BCUT2D eigenvalue weighted by Gasteiger charge is 2.05. The second-order valence-corrected chi connectivity index (χ2v) is 3.61. The van der Waals surface area contributed by atoms with Crippen LogP contribution in [-0.2, 0) is 13.5 Å². The molecule has 0 aliphatic rings. The molecular formula is C11H14N4. The number of nitrogens with two attached hydrogens (primary N) is 1. The normalized spacial score (nSPS) is 10.5. The molecule has 2 aromatic rings. The summed E-state index contributed by atoms with van der Waals surface area (Å²) >= 11 is 0. The number of rotatable bonds is 2. The number of imidazole rings is 1. The van der Waals surface area contributed by atoms with Crippen LogP contribution in [-0.4, -0.2) is 14.5 Å². The minimum Gasteiger partial charge on any atom is -0.384 e. The van der Waals surface area contributed by atoms with Crippen molar-refractivity contribution in [2.24, 2.45) is 7.05 Å². The highest BCUT2D eigenvalue weighted by Crippen LogP contribution is 2.12. The highest BCUT2D eigenvalue weighted by molar-refractivity contribution is 5.34. The average Bonchev–Trinajstić information content (AvgIpc) is 2.57. The SMILES string of the molecule is Cc1nc(N)ccc1Cc1nccn1C. The third kappa shape index (κ3) is 1.98. The Morgan fingerprint density at radius 2 is 2.20 bits per heavy atom. The first kappa shape index (κ1) is 9.71. The van der Waals surface area contributed by atoms with Crippen molar-refractivity contribution >= 4 is 5.82 Å². The predicted molar refractivity (Wildman–Crippen MR) is 59.4 cm³/mol. The fourth-order valence-corrected chi connectivity index (χ4v) is 1.53. The average molecular weight is 202 g/mol. The molecule has 0 fully saturated rings. The van der Waals surface area contributed by atoms with Gasteiger partial charge in [-0.15, -0.1) is 0 Å². The van der Waals surface area contributed by atoms with Gasteiger partial charge in [0, 0.05) is 31.6 Å². The molecule has 2 heterocycles. The minimum absolute atomic E-state index is 0.566. The number of anilines is 1. The Kier molecular flexibility index (Phi) is 2.41. The molecular weight excluding hydrogens is 188 g/mol. The van der Waals surface area contributed by atoms with E-state index < -0.39 is 0 Å². The Morgan fingerprint density at radius 3 is 2.80 bits per heavy atom. The summed E-state index contributed by atoms with van der Waals surface area (Å²) in [7, 11) is 1.99. The van der Waals surface area contributed by atoms with E-state index in [4.69, 9.17) is 5.73 Å². The maximum absolute atomic E-state index is 5.60. The monoisotopic (exact) mass is 202 g/mol. The Balaban J connectivity index is 2.29. The van der Waals surface area contributed by atoms with Gasteiger partial charge >= 0.3 is 0 Å². The number of aryl methyl sites for hydroxylation is 2. The molecule has 2 aromatic heterocycles. The summed E-state index contributed by atoms with van der Waals surface area (Å²) in [6, 6.07) is 3.83. The van der Waals surface area contributed by atoms with E-state index in [1.807, 2.05) is 36.9 Å². The van der Waals surface area contributed by atoms with Gasteiger partial charge in [0.2, 0.25) is 0 Å². The first-order chi connectivity index (χ1) is 7.16. The summed E-state index contributed by atoms with van der Waals surface area (Å²) in [4.78, 5) is 8.50. The van der Waals surface area contributed by atoms with Gasteiger partial charge < -0.3 is 10.3 Å². The van der Waals surface area contributed by atoms with Gasteiger partial charge in [0.25, 0.3) is 0 Å². The molecule has 0 unspecified atom stereocenters. The molecule has 2 N–H and O–H groups in total. The van der Waals surface area contributed by atoms with E-state index in [0.29, 0.717) is 5.82 Å². The zero-order valence-corrected chi connectivity index (χ0v) is 8.94. The van der Waals surface area contributed by atoms with Crippen molar-refractivity contribution in [3.8, 4) is 0 Å². The molecule has 15 heavy (non-hydrogen) atoms. The maximum atomic E-state index is 5.60. The largest absolute Gasteiger partial charge is 0.384 e. The van der Waals surface area contributed by atoms with Gasteiger partial charge in [-0.2, -0.15) is 0 Å². The molecule has 0 radical (unpaired) electrons. The number of hydrogen-bond acceptors (Lipinski definition) is 3. The van der Waals surface area contributed by atoms with Crippen molar-refractivity contribution in [2.45, 2.75) is 13.3 Å². The Bertz CT molecular complexity index is 473. The number of nitrogen functional groups attached to an aromatic ring is 1. The lowest BCUT2D eigenvalue weighted by molar-refractivity contribution is 0.817. The van der Waals surface area contributed by atoms with Gasteiger partial charge in [0.1, 0.15) is 11.6 Å². The highest BCUT2D eigenvalue weighted by atomic mass is 15.0. The summed E-state index contributed by atoms with van der Waals surface area (Å²) in [6.07, 6.45) is 4.54. The van der Waals surface area contributed by atoms with Crippen LogP contribution in [0.1, 0.15) is 17.1 Å². The first-order valence-corrected chi connectivity index (χ1v) is 4.85. The van der Waals surface area contributed by atoms with Crippen LogP contribution in [0.4, 0.5) is 5.82 Å². The van der Waals surface area contributed by atoms with Crippen molar-refractivity contribution in [1.29, 1.82) is 0 Å². The molecule has 0 aromatic carbocycles. The van der Waals surface area contributed by atoms with Crippen LogP contribution in [0.15, 0.2) is 24.5 Å². The molecule has 78 valence electrons. The van der Waals surface area contributed by atoms with Crippen LogP contribution in [0, 0.1) is 6.92 Å². The molecule has 0 aliphatic carbocycles. The third-order valence-electron chi connectivity index (χ3n) is 2.49. The Hall–Kier alpha value is -1.84. The van der Waals surface area contributed by atoms with Crippen LogP contribution in [0.25, 0.3) is 0 Å². The summed E-state index contributed by atoms with van der Waals surface area (Å²) < 4.78 is 2.01. The first-order valence-electron chi connectivity index (χ1n) is 4.85. The second kappa shape index (κ2) is 3.73. The van der Waals surface area contributed by atoms with Crippen molar-refractivity contribution in [3.63, 3.8) is 0 Å². The Labute approximate surface area is 88.8 Å². The maximum Gasteiger partial charge on any atom is 0.123 e. The molecule has 4 heteroatoms. The topological polar surface area (TPSA) is 56.7 Å². The van der Waals surface area contributed by atoms with Crippen LogP contribution in [0.5, 0.6) is 0 Å². The summed E-state index contributed by atoms with van der Waals surface area (Å²) in [5, 5.41) is 0. The third-order valence-corrected chi connectivity index (χ3v) is 2.49. The van der Waals surface area contributed by atoms with Crippen molar-refractivity contribution in [1.82, 2.24) is 14.5 Å². The summed E-state index contributed by atoms with van der Waals surface area (Å²) in [6.45, 7) is 1.97. The fraction of sp³-hybridized carbons (Fsp3) is 0.273. The molecule has 0 bridgehead atoms.